The van der Waals surface area contributed by atoms with Crippen molar-refractivity contribution in [1.29, 1.82) is 0 Å². The molecule has 152 valence electrons. The number of anilines is 1. The van der Waals surface area contributed by atoms with Crippen LogP contribution in [0.15, 0.2) is 36.7 Å². The summed E-state index contributed by atoms with van der Waals surface area (Å²) in [4.78, 5) is 14.6. The van der Waals surface area contributed by atoms with E-state index in [1.807, 2.05) is 30.3 Å². The SMILES string of the molecule is COc1ccc(CCC(=O)NC2CCN(c3ccc4nncn4n3)C2)c(OC)c1. The van der Waals surface area contributed by atoms with Gasteiger partial charge in [-0.05, 0) is 36.6 Å². The molecule has 1 N–H and O–H groups in total. The molecule has 9 heteroatoms. The topological polar surface area (TPSA) is 93.9 Å². The van der Waals surface area contributed by atoms with Gasteiger partial charge in [0.1, 0.15) is 23.6 Å². The van der Waals surface area contributed by atoms with Crippen LogP contribution < -0.4 is 19.7 Å². The molecule has 3 heterocycles. The molecule has 3 aromatic rings. The van der Waals surface area contributed by atoms with Gasteiger partial charge < -0.3 is 19.7 Å². The Morgan fingerprint density at radius 2 is 2.14 bits per heavy atom. The fourth-order valence-corrected chi connectivity index (χ4v) is 3.58. The third kappa shape index (κ3) is 4.23. The van der Waals surface area contributed by atoms with E-state index >= 15 is 0 Å². The summed E-state index contributed by atoms with van der Waals surface area (Å²) in [7, 11) is 3.24. The van der Waals surface area contributed by atoms with Crippen LogP contribution in [-0.4, -0.2) is 59.1 Å². The van der Waals surface area contributed by atoms with Crippen LogP contribution in [0, 0.1) is 0 Å². The number of nitrogens with zero attached hydrogens (tertiary/aromatic N) is 5. The summed E-state index contributed by atoms with van der Waals surface area (Å²) in [6, 6.07) is 9.59. The molecule has 0 saturated carbocycles. The third-order valence-electron chi connectivity index (χ3n) is 5.14. The van der Waals surface area contributed by atoms with E-state index in [4.69, 9.17) is 9.47 Å². The zero-order valence-corrected chi connectivity index (χ0v) is 16.5. The van der Waals surface area contributed by atoms with Crippen LogP contribution in [0.4, 0.5) is 5.82 Å². The van der Waals surface area contributed by atoms with Crippen molar-refractivity contribution in [2.24, 2.45) is 0 Å². The second kappa shape index (κ2) is 8.34. The van der Waals surface area contributed by atoms with Crippen molar-refractivity contribution < 1.29 is 14.3 Å². The number of fused-ring (bicyclic) bond motifs is 1. The second-order valence-electron chi connectivity index (χ2n) is 7.00. The third-order valence-corrected chi connectivity index (χ3v) is 5.14. The number of aryl methyl sites for hydroxylation is 1. The first kappa shape index (κ1) is 19.0. The lowest BCUT2D eigenvalue weighted by Gasteiger charge is -2.18. The van der Waals surface area contributed by atoms with E-state index in [0.29, 0.717) is 18.5 Å². The number of carbonyl (C=O) groups is 1. The summed E-state index contributed by atoms with van der Waals surface area (Å²) in [5.74, 6) is 2.37. The van der Waals surface area contributed by atoms with Crippen LogP contribution in [-0.2, 0) is 11.2 Å². The Morgan fingerprint density at radius 3 is 2.97 bits per heavy atom. The van der Waals surface area contributed by atoms with Crippen molar-refractivity contribution >= 4 is 17.4 Å². The Kier molecular flexibility index (Phi) is 5.46. The molecule has 1 aliphatic rings. The number of aromatic nitrogens is 4. The van der Waals surface area contributed by atoms with Crippen molar-refractivity contribution in [3.05, 3.63) is 42.2 Å². The van der Waals surface area contributed by atoms with Crippen LogP contribution in [0.3, 0.4) is 0 Å². The number of hydrogen-bond donors (Lipinski definition) is 1. The van der Waals surface area contributed by atoms with Gasteiger partial charge in [-0.1, -0.05) is 6.07 Å². The Bertz CT molecular complexity index is 1000. The Balaban J connectivity index is 1.30. The molecule has 1 atom stereocenters. The molecule has 1 aliphatic heterocycles. The van der Waals surface area contributed by atoms with Gasteiger partial charge in [0.05, 0.1) is 14.2 Å². The minimum atomic E-state index is 0.0388. The fraction of sp³-hybridized carbons (Fsp3) is 0.400. The number of ether oxygens (including phenoxy) is 2. The Labute approximate surface area is 168 Å². The van der Waals surface area contributed by atoms with Crippen molar-refractivity contribution in [1.82, 2.24) is 25.1 Å². The highest BCUT2D eigenvalue weighted by atomic mass is 16.5. The van der Waals surface area contributed by atoms with Gasteiger partial charge in [-0.3, -0.25) is 4.79 Å². The maximum Gasteiger partial charge on any atom is 0.220 e. The van der Waals surface area contributed by atoms with Crippen LogP contribution in [0.25, 0.3) is 5.65 Å². The van der Waals surface area contributed by atoms with E-state index in [0.717, 1.165) is 42.4 Å². The van der Waals surface area contributed by atoms with E-state index in [9.17, 15) is 4.79 Å². The molecular formula is C20H24N6O3. The largest absolute Gasteiger partial charge is 0.497 e. The number of rotatable bonds is 7. The van der Waals surface area contributed by atoms with Gasteiger partial charge >= 0.3 is 0 Å². The number of amides is 1. The lowest BCUT2D eigenvalue weighted by Crippen LogP contribution is -2.37. The van der Waals surface area contributed by atoms with Crippen LogP contribution in [0.1, 0.15) is 18.4 Å². The molecule has 4 rings (SSSR count). The number of methoxy groups -OCH3 is 2. The predicted molar refractivity (Wildman–Crippen MR) is 107 cm³/mol. The van der Waals surface area contributed by atoms with Gasteiger partial charge in [0.25, 0.3) is 0 Å². The summed E-state index contributed by atoms with van der Waals surface area (Å²) in [6.07, 6.45) is 3.49. The van der Waals surface area contributed by atoms with E-state index in [1.165, 1.54) is 0 Å². The maximum atomic E-state index is 12.4. The molecule has 2 aromatic heterocycles. The van der Waals surface area contributed by atoms with Gasteiger partial charge in [0, 0.05) is 31.6 Å². The quantitative estimate of drug-likeness (QED) is 0.646. The maximum absolute atomic E-state index is 12.4. The molecule has 0 bridgehead atoms. The highest BCUT2D eigenvalue weighted by Gasteiger charge is 2.25. The summed E-state index contributed by atoms with van der Waals surface area (Å²) >= 11 is 0. The minimum absolute atomic E-state index is 0.0388. The van der Waals surface area contributed by atoms with Crippen molar-refractivity contribution in [2.45, 2.75) is 25.3 Å². The monoisotopic (exact) mass is 396 g/mol. The number of nitrogens with one attached hydrogen (secondary N) is 1. The average Bonchev–Trinajstić information content (AvgIpc) is 3.40. The van der Waals surface area contributed by atoms with Gasteiger partial charge in [-0.2, -0.15) is 4.52 Å². The van der Waals surface area contributed by atoms with Crippen molar-refractivity contribution in [3.63, 3.8) is 0 Å². The Hall–Kier alpha value is -3.36. The summed E-state index contributed by atoms with van der Waals surface area (Å²) in [5, 5.41) is 15.5. The standard InChI is InChI=1S/C20H24N6O3/c1-28-16-5-3-14(17(11-16)29-2)4-8-20(27)22-15-9-10-25(12-15)19-7-6-18-23-21-13-26(18)24-19/h3,5-7,11,13,15H,4,8-10,12H2,1-2H3,(H,22,27). The lowest BCUT2D eigenvalue weighted by molar-refractivity contribution is -0.121. The highest BCUT2D eigenvalue weighted by molar-refractivity contribution is 5.76. The number of carbonyl (C=O) groups excluding carboxylic acids is 1. The van der Waals surface area contributed by atoms with Gasteiger partial charge in [-0.25, -0.2) is 0 Å². The first-order chi connectivity index (χ1) is 14.2. The zero-order chi connectivity index (χ0) is 20.2. The average molecular weight is 396 g/mol. The smallest absolute Gasteiger partial charge is 0.220 e. The van der Waals surface area contributed by atoms with Gasteiger partial charge in [-0.15, -0.1) is 15.3 Å². The zero-order valence-electron chi connectivity index (χ0n) is 16.5. The van der Waals surface area contributed by atoms with E-state index in [1.54, 1.807) is 25.1 Å². The summed E-state index contributed by atoms with van der Waals surface area (Å²) in [5.41, 5.74) is 1.70. The molecule has 0 aliphatic carbocycles. The van der Waals surface area contributed by atoms with Gasteiger partial charge in [0.15, 0.2) is 5.65 Å². The van der Waals surface area contributed by atoms with Gasteiger partial charge in [0.2, 0.25) is 5.91 Å². The number of hydrogen-bond acceptors (Lipinski definition) is 7. The van der Waals surface area contributed by atoms with E-state index < -0.39 is 0 Å². The molecule has 1 amide bonds. The normalized spacial score (nSPS) is 16.2. The predicted octanol–water partition coefficient (Wildman–Crippen LogP) is 1.47. The molecule has 29 heavy (non-hydrogen) atoms. The molecule has 1 saturated heterocycles. The Morgan fingerprint density at radius 1 is 1.24 bits per heavy atom. The molecule has 9 nitrogen and oxygen atoms in total. The molecule has 1 fully saturated rings. The van der Waals surface area contributed by atoms with Crippen molar-refractivity contribution in [3.8, 4) is 11.5 Å². The van der Waals surface area contributed by atoms with Crippen molar-refractivity contribution in [2.75, 3.05) is 32.2 Å². The molecule has 1 unspecified atom stereocenters. The first-order valence-electron chi connectivity index (χ1n) is 9.58. The number of benzene rings is 1. The molecule has 0 spiro atoms. The summed E-state index contributed by atoms with van der Waals surface area (Å²) < 4.78 is 12.3. The van der Waals surface area contributed by atoms with E-state index in [2.05, 4.69) is 25.5 Å². The highest BCUT2D eigenvalue weighted by Crippen LogP contribution is 2.25. The lowest BCUT2D eigenvalue weighted by atomic mass is 10.1. The molecular weight excluding hydrogens is 372 g/mol. The van der Waals surface area contributed by atoms with Crippen LogP contribution in [0.2, 0.25) is 0 Å². The van der Waals surface area contributed by atoms with Crippen LogP contribution >= 0.6 is 0 Å². The first-order valence-corrected chi connectivity index (χ1v) is 9.58. The minimum Gasteiger partial charge on any atom is -0.497 e. The van der Waals surface area contributed by atoms with Crippen LogP contribution in [0.5, 0.6) is 11.5 Å². The second-order valence-corrected chi connectivity index (χ2v) is 7.00. The summed E-state index contributed by atoms with van der Waals surface area (Å²) in [6.45, 7) is 1.58. The molecule has 0 radical (unpaired) electrons. The fourth-order valence-electron chi connectivity index (χ4n) is 3.58. The molecule has 1 aromatic carbocycles. The van der Waals surface area contributed by atoms with E-state index in [-0.39, 0.29) is 11.9 Å².